The van der Waals surface area contributed by atoms with Gasteiger partial charge >= 0.3 is 0 Å². The number of hydrazone groups is 1. The first-order valence-corrected chi connectivity index (χ1v) is 11.5. The molecule has 4 rings (SSSR count). The third-order valence-corrected chi connectivity index (χ3v) is 5.63. The second-order valence-corrected chi connectivity index (χ2v) is 8.24. The van der Waals surface area contributed by atoms with E-state index in [1.54, 1.807) is 6.08 Å². The van der Waals surface area contributed by atoms with Gasteiger partial charge in [-0.25, -0.2) is 5.43 Å². The van der Waals surface area contributed by atoms with Gasteiger partial charge in [-0.1, -0.05) is 102 Å². The number of thioether (sulfide) groups is 1. The van der Waals surface area contributed by atoms with Crippen molar-refractivity contribution in [3.8, 4) is 17.1 Å². The largest absolute Gasteiger partial charge is 0.272 e. The van der Waals surface area contributed by atoms with Crippen LogP contribution in [0.4, 0.5) is 0 Å². The highest BCUT2D eigenvalue weighted by molar-refractivity contribution is 7.99. The van der Waals surface area contributed by atoms with Gasteiger partial charge in [-0.05, 0) is 23.8 Å². The molecule has 0 bridgehead atoms. The second kappa shape index (κ2) is 11.3. The maximum atomic E-state index is 12.3. The predicted molar refractivity (Wildman–Crippen MR) is 134 cm³/mol. The van der Waals surface area contributed by atoms with Crippen molar-refractivity contribution in [2.75, 3.05) is 5.75 Å². The highest BCUT2D eigenvalue weighted by atomic mass is 35.5. The van der Waals surface area contributed by atoms with E-state index in [2.05, 4.69) is 20.7 Å². The van der Waals surface area contributed by atoms with Crippen molar-refractivity contribution in [1.82, 2.24) is 20.2 Å². The van der Waals surface area contributed by atoms with Crippen LogP contribution in [0.3, 0.4) is 0 Å². The van der Waals surface area contributed by atoms with E-state index >= 15 is 0 Å². The number of aromatic nitrogens is 3. The Morgan fingerprint density at radius 2 is 1.58 bits per heavy atom. The number of nitrogens with one attached hydrogen (secondary N) is 1. The van der Waals surface area contributed by atoms with Gasteiger partial charge < -0.3 is 0 Å². The number of amides is 1. The number of para-hydroxylation sites is 1. The van der Waals surface area contributed by atoms with E-state index in [0.29, 0.717) is 16.0 Å². The lowest BCUT2D eigenvalue weighted by Gasteiger charge is -2.10. The van der Waals surface area contributed by atoms with Gasteiger partial charge in [-0.2, -0.15) is 5.10 Å². The van der Waals surface area contributed by atoms with Gasteiger partial charge in [-0.15, -0.1) is 10.2 Å². The molecule has 0 fully saturated rings. The first-order valence-electron chi connectivity index (χ1n) is 10.1. The smallest absolute Gasteiger partial charge is 0.250 e. The Morgan fingerprint density at radius 3 is 2.27 bits per heavy atom. The fourth-order valence-corrected chi connectivity index (χ4v) is 3.94. The molecule has 0 aliphatic carbocycles. The molecule has 4 aromatic rings. The highest BCUT2D eigenvalue weighted by Gasteiger charge is 2.16. The third kappa shape index (κ3) is 6.19. The van der Waals surface area contributed by atoms with Gasteiger partial charge in [0, 0.05) is 11.3 Å². The lowest BCUT2D eigenvalue weighted by molar-refractivity contribution is -0.118. The molecule has 33 heavy (non-hydrogen) atoms. The maximum Gasteiger partial charge on any atom is 0.250 e. The quantitative estimate of drug-likeness (QED) is 0.211. The van der Waals surface area contributed by atoms with Crippen molar-refractivity contribution >= 4 is 41.6 Å². The summed E-state index contributed by atoms with van der Waals surface area (Å²) in [5.74, 6) is 0.557. The summed E-state index contributed by atoms with van der Waals surface area (Å²) in [5, 5.41) is 13.6. The molecule has 0 unspecified atom stereocenters. The third-order valence-electron chi connectivity index (χ3n) is 4.49. The fourth-order valence-electron chi connectivity index (χ4n) is 3.02. The lowest BCUT2D eigenvalue weighted by atomic mass is 10.2. The molecule has 0 saturated heterocycles. The molecule has 1 heterocycles. The van der Waals surface area contributed by atoms with Crippen molar-refractivity contribution in [3.63, 3.8) is 0 Å². The molecule has 164 valence electrons. The Balaban J connectivity index is 1.43. The molecule has 0 saturated carbocycles. The molecular weight excluding hydrogens is 454 g/mol. The van der Waals surface area contributed by atoms with Crippen LogP contribution >= 0.6 is 23.4 Å². The van der Waals surface area contributed by atoms with Crippen LogP contribution in [0.1, 0.15) is 5.56 Å². The summed E-state index contributed by atoms with van der Waals surface area (Å²) in [5.41, 5.74) is 5.30. The van der Waals surface area contributed by atoms with Crippen LogP contribution in [-0.4, -0.2) is 32.6 Å². The Labute approximate surface area is 201 Å². The molecule has 8 heteroatoms. The molecule has 3 aromatic carbocycles. The summed E-state index contributed by atoms with van der Waals surface area (Å²) >= 11 is 7.44. The van der Waals surface area contributed by atoms with Crippen LogP contribution in [-0.2, 0) is 4.79 Å². The zero-order valence-electron chi connectivity index (χ0n) is 17.5. The Kier molecular flexibility index (Phi) is 7.68. The predicted octanol–water partition coefficient (Wildman–Crippen LogP) is 5.41. The minimum Gasteiger partial charge on any atom is -0.272 e. The molecule has 0 radical (unpaired) electrons. The molecule has 0 aliphatic rings. The number of carbonyl (C=O) groups excluding carboxylic acids is 1. The van der Waals surface area contributed by atoms with Crippen molar-refractivity contribution in [2.24, 2.45) is 5.10 Å². The lowest BCUT2D eigenvalue weighted by Crippen LogP contribution is -2.19. The Bertz CT molecular complexity index is 1260. The van der Waals surface area contributed by atoms with Crippen molar-refractivity contribution < 1.29 is 4.79 Å². The first-order chi connectivity index (χ1) is 16.2. The van der Waals surface area contributed by atoms with Gasteiger partial charge in [0.25, 0.3) is 5.91 Å². The zero-order chi connectivity index (χ0) is 22.9. The fraction of sp³-hybridized carbons (Fsp3) is 0.0400. The number of allylic oxidation sites excluding steroid dienone is 1. The minimum absolute atomic E-state index is 0.122. The summed E-state index contributed by atoms with van der Waals surface area (Å²) in [6.45, 7) is 0. The molecule has 6 nitrogen and oxygen atoms in total. The molecular formula is C25H20ClN5OS. The molecule has 1 amide bonds. The zero-order valence-corrected chi connectivity index (χ0v) is 19.1. The van der Waals surface area contributed by atoms with Gasteiger partial charge in [0.15, 0.2) is 11.0 Å². The standard InChI is InChI=1S/C25H20ClN5OS/c26-21(16-19-10-4-1-5-11-19)17-27-28-23(32)18-33-25-30-29-24(20-12-6-2-7-13-20)31(25)22-14-8-3-9-15-22/h1-17H,18H2,(H,28,32). The van der Waals surface area contributed by atoms with Crippen LogP contribution in [0.5, 0.6) is 0 Å². The van der Waals surface area contributed by atoms with E-state index in [0.717, 1.165) is 16.8 Å². The summed E-state index contributed by atoms with van der Waals surface area (Å²) in [7, 11) is 0. The Morgan fingerprint density at radius 1 is 0.939 bits per heavy atom. The monoisotopic (exact) mass is 473 g/mol. The van der Waals surface area contributed by atoms with E-state index in [9.17, 15) is 4.79 Å². The number of nitrogens with zero attached hydrogens (tertiary/aromatic N) is 4. The van der Waals surface area contributed by atoms with E-state index in [1.165, 1.54) is 18.0 Å². The van der Waals surface area contributed by atoms with E-state index in [1.807, 2.05) is 95.6 Å². The molecule has 0 atom stereocenters. The van der Waals surface area contributed by atoms with E-state index in [-0.39, 0.29) is 11.7 Å². The number of benzene rings is 3. The maximum absolute atomic E-state index is 12.3. The summed E-state index contributed by atoms with van der Waals surface area (Å²) < 4.78 is 1.94. The second-order valence-electron chi connectivity index (χ2n) is 6.86. The average molecular weight is 474 g/mol. The molecule has 0 aliphatic heterocycles. The number of rotatable bonds is 8. The average Bonchev–Trinajstić information content (AvgIpc) is 3.28. The number of halogens is 1. The van der Waals surface area contributed by atoms with E-state index < -0.39 is 0 Å². The van der Waals surface area contributed by atoms with Crippen molar-refractivity contribution in [3.05, 3.63) is 102 Å². The van der Waals surface area contributed by atoms with Crippen LogP contribution < -0.4 is 5.43 Å². The minimum atomic E-state index is -0.274. The van der Waals surface area contributed by atoms with Crippen LogP contribution in [0.2, 0.25) is 0 Å². The number of hydrogen-bond acceptors (Lipinski definition) is 5. The normalized spacial score (nSPS) is 11.6. The van der Waals surface area contributed by atoms with Gasteiger partial charge in [0.1, 0.15) is 0 Å². The van der Waals surface area contributed by atoms with Crippen LogP contribution in [0, 0.1) is 0 Å². The summed E-state index contributed by atoms with van der Waals surface area (Å²) in [4.78, 5) is 12.3. The van der Waals surface area contributed by atoms with E-state index in [4.69, 9.17) is 11.6 Å². The van der Waals surface area contributed by atoms with Crippen LogP contribution in [0.15, 0.2) is 106 Å². The highest BCUT2D eigenvalue weighted by Crippen LogP contribution is 2.27. The summed E-state index contributed by atoms with van der Waals surface area (Å²) in [6.07, 6.45) is 3.16. The van der Waals surface area contributed by atoms with Crippen LogP contribution in [0.25, 0.3) is 23.2 Å². The Hall–Kier alpha value is -3.68. The van der Waals surface area contributed by atoms with Gasteiger partial charge in [0.05, 0.1) is 17.0 Å². The van der Waals surface area contributed by atoms with Gasteiger partial charge in [0.2, 0.25) is 0 Å². The van der Waals surface area contributed by atoms with Gasteiger partial charge in [-0.3, -0.25) is 9.36 Å². The topological polar surface area (TPSA) is 72.2 Å². The number of hydrogen-bond donors (Lipinski definition) is 1. The van der Waals surface area contributed by atoms with Crippen molar-refractivity contribution in [2.45, 2.75) is 5.16 Å². The first kappa shape index (κ1) is 22.5. The van der Waals surface area contributed by atoms with Crippen molar-refractivity contribution in [1.29, 1.82) is 0 Å². The SMILES string of the molecule is O=C(CSc1nnc(-c2ccccc2)n1-c1ccccc1)NN=CC(Cl)=Cc1ccccc1. The molecule has 0 spiro atoms. The molecule has 1 aromatic heterocycles. The molecule has 1 N–H and O–H groups in total. The number of carbonyl (C=O) groups is 1. The summed E-state index contributed by atoms with van der Waals surface area (Å²) in [6, 6.07) is 29.2.